The molecular weight excluding hydrogens is 296 g/mol. The summed E-state index contributed by atoms with van der Waals surface area (Å²) in [4.78, 5) is 12.4. The highest BCUT2D eigenvalue weighted by Gasteiger charge is 2.16. The maximum atomic E-state index is 4.56. The predicted molar refractivity (Wildman–Crippen MR) is 97.3 cm³/mol. The minimum absolute atomic E-state index is 0.233. The highest BCUT2D eigenvalue weighted by atomic mass is 15.0. The molecule has 2 N–H and O–H groups in total. The number of aromatic amines is 1. The zero-order valence-corrected chi connectivity index (χ0v) is 14.2. The molecule has 0 spiro atoms. The first-order valence-electron chi connectivity index (χ1n) is 8.46. The third-order valence-electron chi connectivity index (χ3n) is 3.98. The van der Waals surface area contributed by atoms with E-state index in [9.17, 15) is 0 Å². The molecule has 3 aromatic rings. The number of nitrogens with one attached hydrogen (secondary N) is 2. The van der Waals surface area contributed by atoms with Crippen LogP contribution in [-0.4, -0.2) is 15.0 Å². The first-order valence-corrected chi connectivity index (χ1v) is 8.46. The predicted octanol–water partition coefficient (Wildman–Crippen LogP) is 4.35. The fraction of sp³-hybridized carbons (Fsp3) is 0.300. The molecule has 0 bridgehead atoms. The van der Waals surface area contributed by atoms with Gasteiger partial charge in [0.25, 0.3) is 0 Å². The maximum absolute atomic E-state index is 4.56. The minimum atomic E-state index is 0.233. The second-order valence-electron chi connectivity index (χ2n) is 6.44. The van der Waals surface area contributed by atoms with E-state index in [1.54, 1.807) is 0 Å². The monoisotopic (exact) mass is 320 g/mol. The lowest BCUT2D eigenvalue weighted by Gasteiger charge is -2.19. The molecule has 0 aliphatic heterocycles. The number of pyridine rings is 1. The second kappa shape index (κ2) is 7.88. The van der Waals surface area contributed by atoms with Crippen molar-refractivity contribution in [2.24, 2.45) is 5.92 Å². The summed E-state index contributed by atoms with van der Waals surface area (Å²) in [5.41, 5.74) is 3.28. The van der Waals surface area contributed by atoms with E-state index < -0.39 is 0 Å². The Morgan fingerprint density at radius 2 is 1.79 bits per heavy atom. The Kier molecular flexibility index (Phi) is 5.39. The molecule has 2 heterocycles. The minimum Gasteiger partial charge on any atom is -0.341 e. The van der Waals surface area contributed by atoms with Gasteiger partial charge in [0.15, 0.2) is 0 Å². The molecule has 24 heavy (non-hydrogen) atoms. The molecule has 0 saturated heterocycles. The van der Waals surface area contributed by atoms with E-state index in [1.165, 1.54) is 0 Å². The summed E-state index contributed by atoms with van der Waals surface area (Å²) in [6.45, 7) is 5.23. The summed E-state index contributed by atoms with van der Waals surface area (Å²) < 4.78 is 0. The van der Waals surface area contributed by atoms with Crippen LogP contribution in [-0.2, 0) is 6.54 Å². The van der Waals surface area contributed by atoms with Gasteiger partial charge >= 0.3 is 0 Å². The van der Waals surface area contributed by atoms with Gasteiger partial charge < -0.3 is 10.3 Å². The van der Waals surface area contributed by atoms with Crippen LogP contribution >= 0.6 is 0 Å². The summed E-state index contributed by atoms with van der Waals surface area (Å²) in [5.74, 6) is 1.51. The van der Waals surface area contributed by atoms with Crippen molar-refractivity contribution >= 4 is 0 Å². The highest BCUT2D eigenvalue weighted by molar-refractivity contribution is 5.54. The molecule has 0 fully saturated rings. The molecule has 2 aromatic heterocycles. The molecule has 4 nitrogen and oxygen atoms in total. The Balaban J connectivity index is 1.75. The first-order chi connectivity index (χ1) is 11.7. The number of aromatic nitrogens is 3. The largest absolute Gasteiger partial charge is 0.341 e. The SMILES string of the molecule is CC(C)C[C@H](NCc1ccccn1)c1cnc(-c2ccccc2)[nH]1. The highest BCUT2D eigenvalue weighted by Crippen LogP contribution is 2.23. The van der Waals surface area contributed by atoms with Crippen LogP contribution in [0.4, 0.5) is 0 Å². The second-order valence-corrected chi connectivity index (χ2v) is 6.44. The summed E-state index contributed by atoms with van der Waals surface area (Å²) in [5, 5.41) is 3.61. The number of nitrogens with zero attached hydrogens (tertiary/aromatic N) is 2. The number of H-pyrrole nitrogens is 1. The molecule has 0 aliphatic carbocycles. The van der Waals surface area contributed by atoms with Gasteiger partial charge in [-0.2, -0.15) is 0 Å². The third kappa shape index (κ3) is 4.30. The molecule has 0 amide bonds. The van der Waals surface area contributed by atoms with Crippen LogP contribution in [0.15, 0.2) is 60.9 Å². The van der Waals surface area contributed by atoms with Gasteiger partial charge in [-0.25, -0.2) is 4.98 Å². The number of imidazole rings is 1. The average Bonchev–Trinajstić information content (AvgIpc) is 3.10. The lowest BCUT2D eigenvalue weighted by molar-refractivity contribution is 0.420. The first kappa shape index (κ1) is 16.4. The quantitative estimate of drug-likeness (QED) is 0.680. The van der Waals surface area contributed by atoms with Crippen molar-refractivity contribution in [3.8, 4) is 11.4 Å². The van der Waals surface area contributed by atoms with Crippen LogP contribution < -0.4 is 5.32 Å². The van der Waals surface area contributed by atoms with Crippen LogP contribution in [0.2, 0.25) is 0 Å². The van der Waals surface area contributed by atoms with Gasteiger partial charge in [0.2, 0.25) is 0 Å². The average molecular weight is 320 g/mol. The van der Waals surface area contributed by atoms with Gasteiger partial charge in [-0.15, -0.1) is 0 Å². The Morgan fingerprint density at radius 1 is 1.00 bits per heavy atom. The van der Waals surface area contributed by atoms with E-state index in [-0.39, 0.29) is 6.04 Å². The van der Waals surface area contributed by atoms with Crippen molar-refractivity contribution < 1.29 is 0 Å². The van der Waals surface area contributed by atoms with Gasteiger partial charge in [-0.05, 0) is 24.5 Å². The lowest BCUT2D eigenvalue weighted by Crippen LogP contribution is -2.23. The van der Waals surface area contributed by atoms with Gasteiger partial charge in [-0.1, -0.05) is 50.2 Å². The van der Waals surface area contributed by atoms with Crippen molar-refractivity contribution in [3.63, 3.8) is 0 Å². The molecule has 1 atom stereocenters. The number of benzene rings is 1. The standard InChI is InChI=1S/C20H24N4/c1-15(2)12-18(22-13-17-10-6-7-11-21-17)19-14-23-20(24-19)16-8-4-3-5-9-16/h3-11,14-15,18,22H,12-13H2,1-2H3,(H,23,24)/t18-/m0/s1. The zero-order chi connectivity index (χ0) is 16.8. The number of hydrogen-bond acceptors (Lipinski definition) is 3. The number of rotatable bonds is 7. The van der Waals surface area contributed by atoms with E-state index in [1.807, 2.05) is 48.8 Å². The van der Waals surface area contributed by atoms with E-state index in [0.717, 1.165) is 35.7 Å². The zero-order valence-electron chi connectivity index (χ0n) is 14.2. The molecule has 3 rings (SSSR count). The van der Waals surface area contributed by atoms with Gasteiger partial charge in [0.1, 0.15) is 5.82 Å². The third-order valence-corrected chi connectivity index (χ3v) is 3.98. The molecule has 0 radical (unpaired) electrons. The van der Waals surface area contributed by atoms with E-state index >= 15 is 0 Å². The fourth-order valence-corrected chi connectivity index (χ4v) is 2.78. The van der Waals surface area contributed by atoms with Gasteiger partial charge in [-0.3, -0.25) is 4.98 Å². The van der Waals surface area contributed by atoms with Crippen LogP contribution in [0.25, 0.3) is 11.4 Å². The Bertz CT molecular complexity index is 735. The van der Waals surface area contributed by atoms with Gasteiger partial charge in [0, 0.05) is 24.3 Å². The molecule has 4 heteroatoms. The van der Waals surface area contributed by atoms with Crippen molar-refractivity contribution in [2.75, 3.05) is 0 Å². The van der Waals surface area contributed by atoms with Crippen LogP contribution in [0.3, 0.4) is 0 Å². The molecule has 0 saturated carbocycles. The summed E-state index contributed by atoms with van der Waals surface area (Å²) in [6, 6.07) is 16.5. The van der Waals surface area contributed by atoms with E-state index in [0.29, 0.717) is 5.92 Å². The molecule has 0 aliphatic rings. The van der Waals surface area contributed by atoms with E-state index in [2.05, 4.69) is 46.2 Å². The van der Waals surface area contributed by atoms with Crippen LogP contribution in [0.5, 0.6) is 0 Å². The van der Waals surface area contributed by atoms with Gasteiger partial charge in [0.05, 0.1) is 17.6 Å². The van der Waals surface area contributed by atoms with Crippen LogP contribution in [0.1, 0.15) is 37.7 Å². The summed E-state index contributed by atoms with van der Waals surface area (Å²) in [7, 11) is 0. The maximum Gasteiger partial charge on any atom is 0.137 e. The number of hydrogen-bond donors (Lipinski definition) is 2. The normalized spacial score (nSPS) is 12.5. The smallest absolute Gasteiger partial charge is 0.137 e. The molecule has 1 aromatic carbocycles. The lowest BCUT2D eigenvalue weighted by atomic mass is 10.0. The Morgan fingerprint density at radius 3 is 2.50 bits per heavy atom. The molecule has 124 valence electrons. The Labute approximate surface area is 143 Å². The topological polar surface area (TPSA) is 53.6 Å². The molecular formula is C20H24N4. The van der Waals surface area contributed by atoms with Crippen molar-refractivity contribution in [1.82, 2.24) is 20.3 Å². The van der Waals surface area contributed by atoms with Crippen molar-refractivity contribution in [3.05, 3.63) is 72.3 Å². The van der Waals surface area contributed by atoms with E-state index in [4.69, 9.17) is 0 Å². The molecule has 0 unspecified atom stereocenters. The van der Waals surface area contributed by atoms with Crippen LogP contribution in [0, 0.1) is 5.92 Å². The van der Waals surface area contributed by atoms with Crippen molar-refractivity contribution in [1.29, 1.82) is 0 Å². The Hall–Kier alpha value is -2.46. The summed E-state index contributed by atoms with van der Waals surface area (Å²) >= 11 is 0. The fourth-order valence-electron chi connectivity index (χ4n) is 2.78. The van der Waals surface area contributed by atoms with Crippen molar-refractivity contribution in [2.45, 2.75) is 32.9 Å². The summed E-state index contributed by atoms with van der Waals surface area (Å²) in [6.07, 6.45) is 4.82.